The Kier molecular flexibility index (Phi) is 4.39. The van der Waals surface area contributed by atoms with Crippen LogP contribution in [0, 0.1) is 0 Å². The molecule has 1 aromatic heterocycles. The molecule has 20 heavy (non-hydrogen) atoms. The van der Waals surface area contributed by atoms with E-state index >= 15 is 0 Å². The van der Waals surface area contributed by atoms with Crippen LogP contribution in [0.4, 0.5) is 0 Å². The molecule has 0 radical (unpaired) electrons. The zero-order chi connectivity index (χ0) is 14.8. The molecular formula is C17H25NO2. The first kappa shape index (κ1) is 14.9. The van der Waals surface area contributed by atoms with Crippen LogP contribution in [0.2, 0.25) is 0 Å². The zero-order valence-electron chi connectivity index (χ0n) is 13.1. The Morgan fingerprint density at radius 1 is 1.20 bits per heavy atom. The molecule has 0 unspecified atom stereocenters. The maximum atomic E-state index is 5.73. The van der Waals surface area contributed by atoms with Gasteiger partial charge in [-0.1, -0.05) is 0 Å². The van der Waals surface area contributed by atoms with Gasteiger partial charge in [-0.05, 0) is 58.4 Å². The second kappa shape index (κ2) is 5.88. The highest BCUT2D eigenvalue weighted by Crippen LogP contribution is 2.24. The van der Waals surface area contributed by atoms with Crippen molar-refractivity contribution in [2.75, 3.05) is 7.11 Å². The summed E-state index contributed by atoms with van der Waals surface area (Å²) in [5, 5.41) is 1.22. The molecule has 1 heterocycles. The van der Waals surface area contributed by atoms with E-state index in [1.165, 1.54) is 10.9 Å². The van der Waals surface area contributed by atoms with Gasteiger partial charge in [0.05, 0.1) is 11.7 Å². The third kappa shape index (κ3) is 3.54. The van der Waals surface area contributed by atoms with Gasteiger partial charge in [0.2, 0.25) is 0 Å². The molecule has 0 atom stereocenters. The molecule has 2 aromatic rings. The Balaban J connectivity index is 2.16. The van der Waals surface area contributed by atoms with Crippen molar-refractivity contribution in [1.29, 1.82) is 0 Å². The van der Waals surface area contributed by atoms with E-state index in [-0.39, 0.29) is 11.7 Å². The van der Waals surface area contributed by atoms with Gasteiger partial charge in [0, 0.05) is 30.8 Å². The van der Waals surface area contributed by atoms with E-state index in [4.69, 9.17) is 9.47 Å². The molecule has 0 amide bonds. The summed E-state index contributed by atoms with van der Waals surface area (Å²) >= 11 is 0. The summed E-state index contributed by atoms with van der Waals surface area (Å²) in [4.78, 5) is 0. The summed E-state index contributed by atoms with van der Waals surface area (Å²) in [5.74, 6) is 0.933. The van der Waals surface area contributed by atoms with Crippen LogP contribution in [0.5, 0.6) is 5.75 Å². The van der Waals surface area contributed by atoms with Crippen LogP contribution in [0.1, 0.15) is 34.1 Å². The van der Waals surface area contributed by atoms with E-state index in [0.717, 1.165) is 18.7 Å². The van der Waals surface area contributed by atoms with E-state index in [2.05, 4.69) is 42.8 Å². The summed E-state index contributed by atoms with van der Waals surface area (Å²) in [6.07, 6.45) is 3.32. The van der Waals surface area contributed by atoms with Crippen LogP contribution in [-0.2, 0) is 11.3 Å². The number of benzene rings is 1. The number of hydrogen-bond donors (Lipinski definition) is 0. The number of ether oxygens (including phenoxy) is 2. The maximum Gasteiger partial charge on any atom is 0.120 e. The van der Waals surface area contributed by atoms with Crippen molar-refractivity contribution >= 4 is 10.9 Å². The lowest BCUT2D eigenvalue weighted by atomic mass is 10.1. The first-order valence-corrected chi connectivity index (χ1v) is 7.22. The Labute approximate surface area is 121 Å². The van der Waals surface area contributed by atoms with Crippen LogP contribution in [0.3, 0.4) is 0 Å². The Morgan fingerprint density at radius 3 is 2.60 bits per heavy atom. The lowest BCUT2D eigenvalue weighted by molar-refractivity contribution is 0.0123. The second-order valence-electron chi connectivity index (χ2n) is 6.11. The largest absolute Gasteiger partial charge is 0.491 e. The number of hydrogen-bond acceptors (Lipinski definition) is 2. The molecule has 0 aliphatic heterocycles. The molecule has 3 heteroatoms. The highest BCUT2D eigenvalue weighted by molar-refractivity contribution is 5.81. The lowest BCUT2D eigenvalue weighted by Gasteiger charge is -2.23. The molecule has 110 valence electrons. The van der Waals surface area contributed by atoms with Gasteiger partial charge < -0.3 is 14.0 Å². The highest BCUT2D eigenvalue weighted by Gasteiger charge is 2.16. The van der Waals surface area contributed by atoms with Gasteiger partial charge in [-0.15, -0.1) is 0 Å². The van der Waals surface area contributed by atoms with Gasteiger partial charge >= 0.3 is 0 Å². The van der Waals surface area contributed by atoms with Crippen molar-refractivity contribution in [2.45, 2.75) is 52.4 Å². The Hall–Kier alpha value is -1.48. The third-order valence-corrected chi connectivity index (χ3v) is 3.62. The first-order valence-electron chi connectivity index (χ1n) is 7.22. The van der Waals surface area contributed by atoms with Crippen LogP contribution in [-0.4, -0.2) is 23.4 Å². The van der Waals surface area contributed by atoms with Crippen LogP contribution < -0.4 is 4.74 Å². The van der Waals surface area contributed by atoms with Gasteiger partial charge in [0.1, 0.15) is 5.75 Å². The molecule has 0 spiro atoms. The third-order valence-electron chi connectivity index (χ3n) is 3.62. The predicted molar refractivity (Wildman–Crippen MR) is 83.4 cm³/mol. The van der Waals surface area contributed by atoms with Crippen LogP contribution >= 0.6 is 0 Å². The van der Waals surface area contributed by atoms with Crippen molar-refractivity contribution in [1.82, 2.24) is 4.57 Å². The highest BCUT2D eigenvalue weighted by atomic mass is 16.5. The summed E-state index contributed by atoms with van der Waals surface area (Å²) in [6.45, 7) is 9.28. The molecule has 0 bridgehead atoms. The minimum atomic E-state index is -0.0860. The summed E-state index contributed by atoms with van der Waals surface area (Å²) in [7, 11) is 1.77. The maximum absolute atomic E-state index is 5.73. The lowest BCUT2D eigenvalue weighted by Crippen LogP contribution is -2.24. The molecule has 0 saturated heterocycles. The van der Waals surface area contributed by atoms with E-state index in [1.807, 2.05) is 19.9 Å². The number of rotatable bonds is 6. The quantitative estimate of drug-likeness (QED) is 0.787. The minimum Gasteiger partial charge on any atom is -0.491 e. The fourth-order valence-corrected chi connectivity index (χ4v) is 2.21. The minimum absolute atomic E-state index is 0.0860. The van der Waals surface area contributed by atoms with E-state index < -0.39 is 0 Å². The number of fused-ring (bicyclic) bond motifs is 1. The summed E-state index contributed by atoms with van der Waals surface area (Å²) in [5.41, 5.74) is 1.16. The van der Waals surface area contributed by atoms with Crippen molar-refractivity contribution in [3.05, 3.63) is 30.5 Å². The van der Waals surface area contributed by atoms with Crippen molar-refractivity contribution in [3.63, 3.8) is 0 Å². The number of nitrogens with zero attached hydrogens (tertiary/aromatic N) is 1. The zero-order valence-corrected chi connectivity index (χ0v) is 13.1. The average molecular weight is 275 g/mol. The second-order valence-corrected chi connectivity index (χ2v) is 6.11. The molecule has 0 aliphatic carbocycles. The standard InChI is InChI=1S/C17H25NO2/c1-13(2)20-15-6-7-16-14(12-15)8-10-18(16)11-9-17(3,4)19-5/h6-8,10,12-13H,9,11H2,1-5H3. The monoisotopic (exact) mass is 275 g/mol. The summed E-state index contributed by atoms with van der Waals surface area (Å²) < 4.78 is 13.5. The fourth-order valence-electron chi connectivity index (χ4n) is 2.21. The molecule has 0 saturated carbocycles. The molecule has 0 N–H and O–H groups in total. The van der Waals surface area contributed by atoms with Gasteiger partial charge in [-0.2, -0.15) is 0 Å². The molecule has 1 aromatic carbocycles. The van der Waals surface area contributed by atoms with Gasteiger partial charge in [-0.3, -0.25) is 0 Å². The van der Waals surface area contributed by atoms with Gasteiger partial charge in [-0.25, -0.2) is 0 Å². The van der Waals surface area contributed by atoms with E-state index in [0.29, 0.717) is 0 Å². The molecular weight excluding hydrogens is 250 g/mol. The molecule has 3 nitrogen and oxygen atoms in total. The smallest absolute Gasteiger partial charge is 0.120 e. The SMILES string of the molecule is COC(C)(C)CCn1ccc2cc(OC(C)C)ccc21. The van der Waals surface area contributed by atoms with E-state index in [9.17, 15) is 0 Å². The first-order chi connectivity index (χ1) is 9.41. The van der Waals surface area contributed by atoms with Gasteiger partial charge in [0.25, 0.3) is 0 Å². The van der Waals surface area contributed by atoms with Crippen molar-refractivity contribution in [3.8, 4) is 5.75 Å². The molecule has 0 aliphatic rings. The van der Waals surface area contributed by atoms with Crippen LogP contribution in [0.25, 0.3) is 10.9 Å². The molecule has 0 fully saturated rings. The molecule has 2 rings (SSSR count). The Morgan fingerprint density at radius 2 is 1.95 bits per heavy atom. The van der Waals surface area contributed by atoms with Crippen molar-refractivity contribution < 1.29 is 9.47 Å². The van der Waals surface area contributed by atoms with Crippen LogP contribution in [0.15, 0.2) is 30.5 Å². The normalized spacial score (nSPS) is 12.3. The topological polar surface area (TPSA) is 23.4 Å². The van der Waals surface area contributed by atoms with E-state index in [1.54, 1.807) is 7.11 Å². The van der Waals surface area contributed by atoms with Crippen molar-refractivity contribution in [2.24, 2.45) is 0 Å². The fraction of sp³-hybridized carbons (Fsp3) is 0.529. The predicted octanol–water partition coefficient (Wildman–Crippen LogP) is 4.24. The number of methoxy groups -OCH3 is 1. The number of aromatic nitrogens is 1. The average Bonchev–Trinajstić information content (AvgIpc) is 2.78. The summed E-state index contributed by atoms with van der Waals surface area (Å²) in [6, 6.07) is 8.42. The number of aryl methyl sites for hydroxylation is 1. The Bertz CT molecular complexity index is 569. The van der Waals surface area contributed by atoms with Gasteiger partial charge in [0.15, 0.2) is 0 Å².